The zero-order valence-electron chi connectivity index (χ0n) is 8.32. The molecule has 3 nitrogen and oxygen atoms in total. The number of hydrogen-bond donors (Lipinski definition) is 2. The molecule has 0 aliphatic heterocycles. The Morgan fingerprint density at radius 2 is 2.08 bits per heavy atom. The Bertz CT molecular complexity index is 286. The summed E-state index contributed by atoms with van der Waals surface area (Å²) >= 11 is 5.98. The number of aromatic amines is 1. The van der Waals surface area contributed by atoms with Crippen molar-refractivity contribution in [3.05, 3.63) is 16.7 Å². The minimum Gasteiger partial charge on any atom is -0.344 e. The summed E-state index contributed by atoms with van der Waals surface area (Å²) in [6.07, 6.45) is 0.746. The van der Waals surface area contributed by atoms with Crippen molar-refractivity contribution in [3.8, 4) is 0 Å². The molecule has 13 heavy (non-hydrogen) atoms. The molecule has 0 aliphatic rings. The summed E-state index contributed by atoms with van der Waals surface area (Å²) in [7, 11) is 0. The van der Waals surface area contributed by atoms with Gasteiger partial charge in [0.1, 0.15) is 5.82 Å². The average Bonchev–Trinajstić information content (AvgIpc) is 2.30. The maximum Gasteiger partial charge on any atom is 0.150 e. The quantitative estimate of drug-likeness (QED) is 0.768. The van der Waals surface area contributed by atoms with Gasteiger partial charge in [0.15, 0.2) is 5.15 Å². The second kappa shape index (κ2) is 3.68. The van der Waals surface area contributed by atoms with E-state index in [9.17, 15) is 0 Å². The van der Waals surface area contributed by atoms with Gasteiger partial charge in [0.2, 0.25) is 0 Å². The molecule has 4 heteroatoms. The number of halogens is 1. The van der Waals surface area contributed by atoms with E-state index >= 15 is 0 Å². The number of rotatable bonds is 2. The fraction of sp³-hybridized carbons (Fsp3) is 0.667. The summed E-state index contributed by atoms with van der Waals surface area (Å²) in [5.74, 6) is 0.873. The van der Waals surface area contributed by atoms with Crippen LogP contribution in [0, 0.1) is 0 Å². The molecule has 0 spiro atoms. The van der Waals surface area contributed by atoms with Crippen LogP contribution in [-0.4, -0.2) is 16.5 Å². The number of nitrogens with one attached hydrogen (secondary N) is 1. The van der Waals surface area contributed by atoms with Crippen LogP contribution in [0.1, 0.15) is 32.3 Å². The lowest BCUT2D eigenvalue weighted by molar-refractivity contribution is 0.571. The highest BCUT2D eigenvalue weighted by molar-refractivity contribution is 6.30. The van der Waals surface area contributed by atoms with Gasteiger partial charge in [-0.15, -0.1) is 0 Å². The Morgan fingerprint density at radius 1 is 1.46 bits per heavy atom. The van der Waals surface area contributed by atoms with Crippen molar-refractivity contribution < 1.29 is 0 Å². The summed E-state index contributed by atoms with van der Waals surface area (Å²) < 4.78 is 0. The molecule has 0 bridgehead atoms. The molecule has 1 heterocycles. The normalized spacial score (nSPS) is 12.1. The van der Waals surface area contributed by atoms with Crippen molar-refractivity contribution in [1.82, 2.24) is 9.97 Å². The first-order valence-corrected chi connectivity index (χ1v) is 4.78. The highest BCUT2D eigenvalue weighted by atomic mass is 35.5. The van der Waals surface area contributed by atoms with Crippen molar-refractivity contribution in [2.75, 3.05) is 6.54 Å². The third-order valence-corrected chi connectivity index (χ3v) is 2.11. The van der Waals surface area contributed by atoms with Gasteiger partial charge in [-0.25, -0.2) is 4.98 Å². The third-order valence-electron chi connectivity index (χ3n) is 1.84. The second-order valence-electron chi connectivity index (χ2n) is 4.14. The van der Waals surface area contributed by atoms with E-state index in [1.165, 1.54) is 0 Å². The number of hydrogen-bond acceptors (Lipinski definition) is 2. The Labute approximate surface area is 83.7 Å². The molecule has 0 saturated carbocycles. The number of aromatic nitrogens is 2. The van der Waals surface area contributed by atoms with E-state index in [1.807, 2.05) is 0 Å². The van der Waals surface area contributed by atoms with Gasteiger partial charge in [-0.1, -0.05) is 32.4 Å². The van der Waals surface area contributed by atoms with Gasteiger partial charge in [0.25, 0.3) is 0 Å². The van der Waals surface area contributed by atoms with E-state index in [2.05, 4.69) is 30.7 Å². The maximum absolute atomic E-state index is 5.98. The van der Waals surface area contributed by atoms with Crippen LogP contribution in [0.15, 0.2) is 0 Å². The Kier molecular flexibility index (Phi) is 2.98. The standard InChI is InChI=1S/C9H16ClN3/c1-9(2,3)7-8(10)13-6(12-7)4-5-11/h4-5,11H2,1-3H3,(H,12,13). The lowest BCUT2D eigenvalue weighted by Gasteiger charge is -2.16. The molecular weight excluding hydrogens is 186 g/mol. The van der Waals surface area contributed by atoms with Crippen LogP contribution < -0.4 is 5.73 Å². The number of nitrogens with two attached hydrogens (primary N) is 1. The molecule has 0 aromatic carbocycles. The molecule has 0 saturated heterocycles. The molecule has 1 rings (SSSR count). The number of H-pyrrole nitrogens is 1. The lowest BCUT2D eigenvalue weighted by Crippen LogP contribution is -2.12. The van der Waals surface area contributed by atoms with Crippen LogP contribution >= 0.6 is 11.6 Å². The molecule has 0 atom stereocenters. The van der Waals surface area contributed by atoms with Crippen LogP contribution in [-0.2, 0) is 11.8 Å². The van der Waals surface area contributed by atoms with Crippen molar-refractivity contribution in [3.63, 3.8) is 0 Å². The molecule has 0 unspecified atom stereocenters. The van der Waals surface area contributed by atoms with Crippen LogP contribution in [0.4, 0.5) is 0 Å². The first-order chi connectivity index (χ1) is 5.95. The maximum atomic E-state index is 5.98. The number of imidazole rings is 1. The zero-order chi connectivity index (χ0) is 10.1. The van der Waals surface area contributed by atoms with Gasteiger partial charge >= 0.3 is 0 Å². The zero-order valence-corrected chi connectivity index (χ0v) is 9.07. The van der Waals surface area contributed by atoms with Crippen LogP contribution in [0.2, 0.25) is 5.15 Å². The third kappa shape index (κ3) is 2.45. The Hall–Kier alpha value is -0.540. The average molecular weight is 202 g/mol. The SMILES string of the molecule is CC(C)(C)c1[nH]c(CCN)nc1Cl. The summed E-state index contributed by atoms with van der Waals surface area (Å²) in [6, 6.07) is 0. The lowest BCUT2D eigenvalue weighted by atomic mass is 9.93. The van der Waals surface area contributed by atoms with Gasteiger partial charge in [-0.3, -0.25) is 0 Å². The first kappa shape index (κ1) is 10.5. The van der Waals surface area contributed by atoms with Crippen molar-refractivity contribution in [1.29, 1.82) is 0 Å². The topological polar surface area (TPSA) is 54.7 Å². The van der Waals surface area contributed by atoms with E-state index in [1.54, 1.807) is 0 Å². The molecule has 1 aromatic heterocycles. The molecular formula is C9H16ClN3. The van der Waals surface area contributed by atoms with Crippen molar-refractivity contribution >= 4 is 11.6 Å². The van der Waals surface area contributed by atoms with Crippen LogP contribution in [0.25, 0.3) is 0 Å². The molecule has 0 aliphatic carbocycles. The number of nitrogens with zero attached hydrogens (tertiary/aromatic N) is 1. The van der Waals surface area contributed by atoms with Crippen molar-refractivity contribution in [2.45, 2.75) is 32.6 Å². The van der Waals surface area contributed by atoms with Crippen LogP contribution in [0.5, 0.6) is 0 Å². The predicted octanol–water partition coefficient (Wildman–Crippen LogP) is 1.86. The Morgan fingerprint density at radius 3 is 2.46 bits per heavy atom. The van der Waals surface area contributed by atoms with Gasteiger partial charge in [-0.05, 0) is 6.54 Å². The van der Waals surface area contributed by atoms with Crippen molar-refractivity contribution in [2.24, 2.45) is 5.73 Å². The minimum absolute atomic E-state index is 0.0108. The van der Waals surface area contributed by atoms with Gasteiger partial charge in [0, 0.05) is 11.8 Å². The molecule has 0 fully saturated rings. The van der Waals surface area contributed by atoms with E-state index in [0.29, 0.717) is 11.7 Å². The summed E-state index contributed by atoms with van der Waals surface area (Å²) in [5, 5.41) is 0.566. The van der Waals surface area contributed by atoms with E-state index in [4.69, 9.17) is 17.3 Å². The fourth-order valence-corrected chi connectivity index (χ4v) is 1.58. The largest absolute Gasteiger partial charge is 0.344 e. The van der Waals surface area contributed by atoms with Crippen LogP contribution in [0.3, 0.4) is 0 Å². The molecule has 3 N–H and O–H groups in total. The highest BCUT2D eigenvalue weighted by Crippen LogP contribution is 2.26. The second-order valence-corrected chi connectivity index (χ2v) is 4.50. The van der Waals surface area contributed by atoms with E-state index in [0.717, 1.165) is 17.9 Å². The minimum atomic E-state index is 0.0108. The van der Waals surface area contributed by atoms with E-state index < -0.39 is 0 Å². The fourth-order valence-electron chi connectivity index (χ4n) is 1.15. The summed E-state index contributed by atoms with van der Waals surface area (Å²) in [4.78, 5) is 7.40. The molecule has 0 radical (unpaired) electrons. The predicted molar refractivity (Wildman–Crippen MR) is 55.1 cm³/mol. The van der Waals surface area contributed by atoms with E-state index in [-0.39, 0.29) is 5.41 Å². The molecule has 1 aromatic rings. The smallest absolute Gasteiger partial charge is 0.150 e. The summed E-state index contributed by atoms with van der Waals surface area (Å²) in [5.41, 5.74) is 6.42. The monoisotopic (exact) mass is 201 g/mol. The van der Waals surface area contributed by atoms with Gasteiger partial charge in [0.05, 0.1) is 5.69 Å². The molecule has 74 valence electrons. The molecule has 0 amide bonds. The first-order valence-electron chi connectivity index (χ1n) is 4.40. The highest BCUT2D eigenvalue weighted by Gasteiger charge is 2.20. The van der Waals surface area contributed by atoms with Gasteiger partial charge in [-0.2, -0.15) is 0 Å². The summed E-state index contributed by atoms with van der Waals surface area (Å²) in [6.45, 7) is 6.88. The van der Waals surface area contributed by atoms with Gasteiger partial charge < -0.3 is 10.7 Å². The Balaban J connectivity index is 2.96.